The summed E-state index contributed by atoms with van der Waals surface area (Å²) in [6, 6.07) is 7.32. The Balaban J connectivity index is 2.79. The van der Waals surface area contributed by atoms with Crippen LogP contribution >= 0.6 is 11.6 Å². The summed E-state index contributed by atoms with van der Waals surface area (Å²) in [4.78, 5) is 11.0. The minimum atomic E-state index is -0.197. The van der Waals surface area contributed by atoms with Crippen molar-refractivity contribution in [1.82, 2.24) is 5.32 Å². The molecule has 0 fully saturated rings. The van der Waals surface area contributed by atoms with Crippen LogP contribution in [0.25, 0.3) is 0 Å². The molecule has 14 heavy (non-hydrogen) atoms. The molecule has 74 valence electrons. The van der Waals surface area contributed by atoms with Crippen LogP contribution in [0.3, 0.4) is 0 Å². The van der Waals surface area contributed by atoms with Gasteiger partial charge in [-0.25, -0.2) is 0 Å². The fourth-order valence-electron chi connectivity index (χ4n) is 1.18. The van der Waals surface area contributed by atoms with E-state index in [2.05, 4.69) is 11.9 Å². The molecule has 0 aliphatic rings. The first kappa shape index (κ1) is 10.8. The maximum absolute atomic E-state index is 11.0. The van der Waals surface area contributed by atoms with Crippen molar-refractivity contribution >= 4 is 17.5 Å². The Labute approximate surface area is 88.6 Å². The Kier molecular flexibility index (Phi) is 3.72. The van der Waals surface area contributed by atoms with Crippen molar-refractivity contribution in [2.24, 2.45) is 0 Å². The lowest BCUT2D eigenvalue weighted by Crippen LogP contribution is -2.24. The number of rotatable bonds is 3. The van der Waals surface area contributed by atoms with E-state index in [1.165, 1.54) is 6.08 Å². The molecule has 1 rings (SSSR count). The smallest absolute Gasteiger partial charge is 0.243 e. The summed E-state index contributed by atoms with van der Waals surface area (Å²) in [5, 5.41) is 3.40. The average molecular weight is 210 g/mol. The maximum atomic E-state index is 11.0. The summed E-state index contributed by atoms with van der Waals surface area (Å²) in [6.45, 7) is 5.26. The van der Waals surface area contributed by atoms with Gasteiger partial charge in [0.2, 0.25) is 5.91 Å². The topological polar surface area (TPSA) is 29.1 Å². The van der Waals surface area contributed by atoms with Gasteiger partial charge in [-0.3, -0.25) is 4.79 Å². The standard InChI is InChI=1S/C11H12ClNO/c1-3-11(14)13-8(2)9-6-4-5-7-10(9)12/h3-8H,1H2,2H3,(H,13,14)/t8-/m1/s1. The van der Waals surface area contributed by atoms with Crippen LogP contribution in [0, 0.1) is 0 Å². The molecule has 0 saturated carbocycles. The number of hydrogen-bond donors (Lipinski definition) is 1. The predicted molar refractivity (Wildman–Crippen MR) is 58.2 cm³/mol. The summed E-state index contributed by atoms with van der Waals surface area (Å²) in [7, 11) is 0. The molecule has 0 aliphatic carbocycles. The third-order valence-corrected chi connectivity index (χ3v) is 2.26. The minimum absolute atomic E-state index is 0.103. The van der Waals surface area contributed by atoms with Crippen LogP contribution in [0.4, 0.5) is 0 Å². The van der Waals surface area contributed by atoms with Crippen LogP contribution in [0.1, 0.15) is 18.5 Å². The lowest BCUT2D eigenvalue weighted by Gasteiger charge is -2.14. The zero-order valence-electron chi connectivity index (χ0n) is 7.96. The number of carbonyl (C=O) groups excluding carboxylic acids is 1. The molecule has 3 heteroatoms. The molecule has 1 N–H and O–H groups in total. The number of hydrogen-bond acceptors (Lipinski definition) is 1. The molecule has 1 amide bonds. The van der Waals surface area contributed by atoms with E-state index in [0.717, 1.165) is 5.56 Å². The van der Waals surface area contributed by atoms with Gasteiger partial charge in [0.25, 0.3) is 0 Å². The van der Waals surface area contributed by atoms with E-state index >= 15 is 0 Å². The quantitative estimate of drug-likeness (QED) is 0.762. The van der Waals surface area contributed by atoms with Gasteiger partial charge in [0.15, 0.2) is 0 Å². The number of amides is 1. The van der Waals surface area contributed by atoms with Crippen LogP contribution in [-0.4, -0.2) is 5.91 Å². The zero-order chi connectivity index (χ0) is 10.6. The summed E-state index contributed by atoms with van der Waals surface area (Å²) in [5.74, 6) is -0.197. The largest absolute Gasteiger partial charge is 0.346 e. The van der Waals surface area contributed by atoms with Crippen LogP contribution < -0.4 is 5.32 Å². The van der Waals surface area contributed by atoms with Gasteiger partial charge in [-0.05, 0) is 24.6 Å². The Morgan fingerprint density at radius 1 is 1.57 bits per heavy atom. The van der Waals surface area contributed by atoms with Crippen LogP contribution in [-0.2, 0) is 4.79 Å². The van der Waals surface area contributed by atoms with E-state index in [-0.39, 0.29) is 11.9 Å². The summed E-state index contributed by atoms with van der Waals surface area (Å²) in [5.41, 5.74) is 0.907. The molecule has 0 spiro atoms. The van der Waals surface area contributed by atoms with Crippen LogP contribution in [0.2, 0.25) is 5.02 Å². The molecular weight excluding hydrogens is 198 g/mol. The van der Waals surface area contributed by atoms with Crippen LogP contribution in [0.15, 0.2) is 36.9 Å². The summed E-state index contributed by atoms with van der Waals surface area (Å²) >= 11 is 5.97. The number of halogens is 1. The van der Waals surface area contributed by atoms with E-state index in [9.17, 15) is 4.79 Å². The molecule has 0 radical (unpaired) electrons. The normalized spacial score (nSPS) is 11.9. The monoisotopic (exact) mass is 209 g/mol. The molecule has 0 bridgehead atoms. The molecule has 0 heterocycles. The number of benzene rings is 1. The van der Waals surface area contributed by atoms with E-state index in [4.69, 9.17) is 11.6 Å². The van der Waals surface area contributed by atoms with Crippen LogP contribution in [0.5, 0.6) is 0 Å². The van der Waals surface area contributed by atoms with Crippen molar-refractivity contribution in [1.29, 1.82) is 0 Å². The molecule has 1 aromatic rings. The molecular formula is C11H12ClNO. The fraction of sp³-hybridized carbons (Fsp3) is 0.182. The maximum Gasteiger partial charge on any atom is 0.243 e. The second-order valence-corrected chi connectivity index (χ2v) is 3.36. The van der Waals surface area contributed by atoms with Crippen molar-refractivity contribution in [3.05, 3.63) is 47.5 Å². The van der Waals surface area contributed by atoms with Gasteiger partial charge in [0.1, 0.15) is 0 Å². The second kappa shape index (κ2) is 4.82. The minimum Gasteiger partial charge on any atom is -0.346 e. The van der Waals surface area contributed by atoms with Crippen molar-refractivity contribution in [3.63, 3.8) is 0 Å². The molecule has 0 saturated heterocycles. The van der Waals surface area contributed by atoms with E-state index in [1.54, 1.807) is 6.07 Å². The lowest BCUT2D eigenvalue weighted by molar-refractivity contribution is -0.117. The second-order valence-electron chi connectivity index (χ2n) is 2.96. The van der Waals surface area contributed by atoms with Crippen molar-refractivity contribution < 1.29 is 4.79 Å². The van der Waals surface area contributed by atoms with Crippen molar-refractivity contribution in [2.75, 3.05) is 0 Å². The van der Waals surface area contributed by atoms with E-state index < -0.39 is 0 Å². The highest BCUT2D eigenvalue weighted by atomic mass is 35.5. The third kappa shape index (κ3) is 2.60. The highest BCUT2D eigenvalue weighted by Crippen LogP contribution is 2.21. The summed E-state index contributed by atoms with van der Waals surface area (Å²) < 4.78 is 0. The van der Waals surface area contributed by atoms with E-state index in [1.807, 2.05) is 25.1 Å². The first-order valence-electron chi connectivity index (χ1n) is 4.32. The highest BCUT2D eigenvalue weighted by molar-refractivity contribution is 6.31. The Hall–Kier alpha value is -1.28. The molecule has 1 aromatic carbocycles. The van der Waals surface area contributed by atoms with Gasteiger partial charge in [-0.2, -0.15) is 0 Å². The molecule has 0 unspecified atom stereocenters. The van der Waals surface area contributed by atoms with Gasteiger partial charge in [-0.15, -0.1) is 0 Å². The predicted octanol–water partition coefficient (Wildman–Crippen LogP) is 2.70. The van der Waals surface area contributed by atoms with Crippen molar-refractivity contribution in [3.8, 4) is 0 Å². The average Bonchev–Trinajstić information content (AvgIpc) is 2.18. The van der Waals surface area contributed by atoms with Gasteiger partial charge in [-0.1, -0.05) is 36.4 Å². The van der Waals surface area contributed by atoms with E-state index in [0.29, 0.717) is 5.02 Å². The van der Waals surface area contributed by atoms with Gasteiger partial charge in [0, 0.05) is 5.02 Å². The summed E-state index contributed by atoms with van der Waals surface area (Å²) in [6.07, 6.45) is 1.24. The fourth-order valence-corrected chi connectivity index (χ4v) is 1.48. The third-order valence-electron chi connectivity index (χ3n) is 1.92. The van der Waals surface area contributed by atoms with Gasteiger partial charge >= 0.3 is 0 Å². The first-order valence-corrected chi connectivity index (χ1v) is 4.70. The molecule has 0 aromatic heterocycles. The van der Waals surface area contributed by atoms with Gasteiger partial charge < -0.3 is 5.32 Å². The lowest BCUT2D eigenvalue weighted by atomic mass is 10.1. The van der Waals surface area contributed by atoms with Gasteiger partial charge in [0.05, 0.1) is 6.04 Å². The molecule has 0 aliphatic heterocycles. The SMILES string of the molecule is C=CC(=O)N[C@H](C)c1ccccc1Cl. The van der Waals surface area contributed by atoms with Crippen molar-refractivity contribution in [2.45, 2.75) is 13.0 Å². The molecule has 1 atom stereocenters. The molecule has 2 nitrogen and oxygen atoms in total. The Bertz CT molecular complexity index is 349. The first-order chi connectivity index (χ1) is 6.65. The zero-order valence-corrected chi connectivity index (χ0v) is 8.71. The number of carbonyl (C=O) groups is 1. The number of nitrogens with one attached hydrogen (secondary N) is 1. The highest BCUT2D eigenvalue weighted by Gasteiger charge is 2.09. The Morgan fingerprint density at radius 3 is 2.79 bits per heavy atom. The Morgan fingerprint density at radius 2 is 2.21 bits per heavy atom.